The van der Waals surface area contributed by atoms with Crippen LogP contribution in [0.4, 0.5) is 10.1 Å². The fourth-order valence-corrected chi connectivity index (χ4v) is 3.19. The van der Waals surface area contributed by atoms with Crippen LogP contribution in [0.5, 0.6) is 0 Å². The predicted molar refractivity (Wildman–Crippen MR) is 77.5 cm³/mol. The number of alkyl halides is 1. The van der Waals surface area contributed by atoms with E-state index in [4.69, 9.17) is 11.6 Å². The zero-order chi connectivity index (χ0) is 15.0. The van der Waals surface area contributed by atoms with Crippen molar-refractivity contribution < 1.29 is 12.8 Å². The van der Waals surface area contributed by atoms with Crippen LogP contribution in [0.3, 0.4) is 0 Å². The van der Waals surface area contributed by atoms with E-state index in [1.54, 1.807) is 24.4 Å². The molecule has 9 heteroatoms. The van der Waals surface area contributed by atoms with Gasteiger partial charge in [0, 0.05) is 17.8 Å². The average Bonchev–Trinajstić information content (AvgIpc) is 3.07. The molecule has 2 aromatic heterocycles. The van der Waals surface area contributed by atoms with Crippen LogP contribution in [0.1, 0.15) is 0 Å². The number of hydrogen-bond acceptors (Lipinski definition) is 3. The van der Waals surface area contributed by atoms with Gasteiger partial charge in [0.05, 0.1) is 22.4 Å². The van der Waals surface area contributed by atoms with E-state index in [1.165, 1.54) is 0 Å². The number of aromatic amines is 1. The van der Waals surface area contributed by atoms with E-state index in [2.05, 4.69) is 14.8 Å². The normalized spacial score (nSPS) is 11.9. The lowest BCUT2D eigenvalue weighted by Gasteiger charge is -2.07. The molecule has 0 bridgehead atoms. The summed E-state index contributed by atoms with van der Waals surface area (Å²) < 4.78 is 40.2. The molecule has 21 heavy (non-hydrogen) atoms. The lowest BCUT2D eigenvalue weighted by atomic mass is 10.2. The smallest absolute Gasteiger partial charge is 0.265 e. The van der Waals surface area contributed by atoms with Gasteiger partial charge in [0.15, 0.2) is 6.80 Å². The van der Waals surface area contributed by atoms with E-state index in [0.717, 1.165) is 17.1 Å². The maximum absolute atomic E-state index is 12.4. The Bertz CT molecular complexity index is 903. The van der Waals surface area contributed by atoms with Gasteiger partial charge < -0.3 is 4.98 Å². The molecular formula is C12H10ClFN4O2S. The lowest BCUT2D eigenvalue weighted by molar-refractivity contribution is 0.349. The number of fused-ring (bicyclic) bond motifs is 1. The summed E-state index contributed by atoms with van der Waals surface area (Å²) in [6, 6.07) is 5.06. The summed E-state index contributed by atoms with van der Waals surface area (Å²) >= 11 is 5.99. The van der Waals surface area contributed by atoms with Crippen molar-refractivity contribution in [3.05, 3.63) is 41.8 Å². The zero-order valence-electron chi connectivity index (χ0n) is 10.5. The number of halogens is 2. The number of H-pyrrole nitrogens is 1. The van der Waals surface area contributed by atoms with Crippen LogP contribution >= 0.6 is 11.6 Å². The second-order valence-electron chi connectivity index (χ2n) is 4.31. The molecule has 3 rings (SSSR count). The van der Waals surface area contributed by atoms with Crippen molar-refractivity contribution in [2.45, 2.75) is 11.7 Å². The standard InChI is InChI=1S/C12H10ClFN4O2S/c13-10-5-15-12-9(10)2-1-3-11(12)17-21(19,20)8-4-16-18(6-8)7-14/h1-6,15,17H,7H2. The van der Waals surface area contributed by atoms with Crippen LogP contribution in [-0.4, -0.2) is 23.2 Å². The second-order valence-corrected chi connectivity index (χ2v) is 6.39. The fourth-order valence-electron chi connectivity index (χ4n) is 1.96. The molecule has 2 N–H and O–H groups in total. The topological polar surface area (TPSA) is 79.8 Å². The minimum Gasteiger partial charge on any atom is -0.358 e. The number of para-hydroxylation sites is 1. The summed E-state index contributed by atoms with van der Waals surface area (Å²) in [5, 5.41) is 4.80. The number of hydrogen-bond donors (Lipinski definition) is 2. The Kier molecular flexibility index (Phi) is 3.34. The van der Waals surface area contributed by atoms with Crippen molar-refractivity contribution in [3.8, 4) is 0 Å². The quantitative estimate of drug-likeness (QED) is 0.772. The summed E-state index contributed by atoms with van der Waals surface area (Å²) in [6.07, 6.45) is 3.78. The minimum atomic E-state index is -3.85. The summed E-state index contributed by atoms with van der Waals surface area (Å²) in [4.78, 5) is 2.79. The molecule has 0 unspecified atom stereocenters. The van der Waals surface area contributed by atoms with Crippen LogP contribution in [0.15, 0.2) is 41.7 Å². The molecule has 2 heterocycles. The minimum absolute atomic E-state index is 0.116. The van der Waals surface area contributed by atoms with Crippen molar-refractivity contribution >= 4 is 38.2 Å². The maximum Gasteiger partial charge on any atom is 0.265 e. The molecule has 0 spiro atoms. The van der Waals surface area contributed by atoms with E-state index in [1.807, 2.05) is 0 Å². The van der Waals surface area contributed by atoms with E-state index in [0.29, 0.717) is 21.6 Å². The SMILES string of the molecule is O=S(=O)(Nc1cccc2c(Cl)c[nH]c12)c1cnn(CF)c1. The van der Waals surface area contributed by atoms with E-state index < -0.39 is 16.8 Å². The first kappa shape index (κ1) is 13.9. The van der Waals surface area contributed by atoms with Crippen molar-refractivity contribution in [1.82, 2.24) is 14.8 Å². The molecule has 0 aliphatic carbocycles. The van der Waals surface area contributed by atoms with Gasteiger partial charge in [-0.15, -0.1) is 0 Å². The molecule has 0 atom stereocenters. The van der Waals surface area contributed by atoms with Crippen molar-refractivity contribution in [2.75, 3.05) is 4.72 Å². The summed E-state index contributed by atoms with van der Waals surface area (Å²) in [5.41, 5.74) is 0.927. The summed E-state index contributed by atoms with van der Waals surface area (Å²) in [6.45, 7) is -0.892. The molecule has 0 aliphatic rings. The highest BCUT2D eigenvalue weighted by atomic mass is 35.5. The van der Waals surface area contributed by atoms with Gasteiger partial charge in [0.2, 0.25) is 0 Å². The Balaban J connectivity index is 2.01. The fraction of sp³-hybridized carbons (Fsp3) is 0.0833. The Labute approximate surface area is 124 Å². The van der Waals surface area contributed by atoms with Gasteiger partial charge in [-0.1, -0.05) is 23.7 Å². The molecule has 0 saturated heterocycles. The molecule has 0 amide bonds. The first-order valence-corrected chi connectivity index (χ1v) is 7.74. The van der Waals surface area contributed by atoms with Gasteiger partial charge in [0.1, 0.15) is 4.90 Å². The van der Waals surface area contributed by atoms with Gasteiger partial charge >= 0.3 is 0 Å². The monoisotopic (exact) mass is 328 g/mol. The van der Waals surface area contributed by atoms with Gasteiger partial charge in [-0.05, 0) is 6.07 Å². The number of nitrogens with one attached hydrogen (secondary N) is 2. The average molecular weight is 329 g/mol. The molecule has 0 fully saturated rings. The Morgan fingerprint density at radius 2 is 2.24 bits per heavy atom. The number of rotatable bonds is 4. The number of benzene rings is 1. The van der Waals surface area contributed by atoms with E-state index in [9.17, 15) is 12.8 Å². The van der Waals surface area contributed by atoms with Crippen LogP contribution < -0.4 is 4.72 Å². The number of anilines is 1. The lowest BCUT2D eigenvalue weighted by Crippen LogP contribution is -2.12. The van der Waals surface area contributed by atoms with Crippen molar-refractivity contribution in [2.24, 2.45) is 0 Å². The molecule has 0 saturated carbocycles. The van der Waals surface area contributed by atoms with Crippen LogP contribution in [0.2, 0.25) is 5.02 Å². The van der Waals surface area contributed by atoms with Gasteiger partial charge in [-0.3, -0.25) is 4.72 Å². The van der Waals surface area contributed by atoms with E-state index >= 15 is 0 Å². The molecule has 3 aromatic rings. The van der Waals surface area contributed by atoms with Gasteiger partial charge in [-0.2, -0.15) is 5.10 Å². The molecule has 0 radical (unpaired) electrons. The van der Waals surface area contributed by atoms with Gasteiger partial charge in [0.25, 0.3) is 10.0 Å². The van der Waals surface area contributed by atoms with Crippen LogP contribution in [0.25, 0.3) is 10.9 Å². The predicted octanol–water partition coefficient (Wildman–Crippen LogP) is 2.75. The van der Waals surface area contributed by atoms with Gasteiger partial charge in [-0.25, -0.2) is 17.5 Å². The molecule has 0 aliphatic heterocycles. The third-order valence-corrected chi connectivity index (χ3v) is 4.58. The highest BCUT2D eigenvalue weighted by molar-refractivity contribution is 7.92. The summed E-state index contributed by atoms with van der Waals surface area (Å²) in [5.74, 6) is 0. The van der Waals surface area contributed by atoms with Crippen molar-refractivity contribution in [1.29, 1.82) is 0 Å². The molecular weight excluding hydrogens is 319 g/mol. The van der Waals surface area contributed by atoms with E-state index in [-0.39, 0.29) is 4.90 Å². The number of sulfonamides is 1. The number of aromatic nitrogens is 3. The maximum atomic E-state index is 12.4. The van der Waals surface area contributed by atoms with Crippen LogP contribution in [-0.2, 0) is 16.8 Å². The molecule has 110 valence electrons. The third kappa shape index (κ3) is 2.47. The first-order chi connectivity index (χ1) is 10.0. The van der Waals surface area contributed by atoms with Crippen LogP contribution in [0, 0.1) is 0 Å². The van der Waals surface area contributed by atoms with Crippen molar-refractivity contribution in [3.63, 3.8) is 0 Å². The number of nitrogens with zero attached hydrogens (tertiary/aromatic N) is 2. The molecule has 1 aromatic carbocycles. The zero-order valence-corrected chi connectivity index (χ0v) is 12.1. The highest BCUT2D eigenvalue weighted by Gasteiger charge is 2.18. The third-order valence-electron chi connectivity index (χ3n) is 2.95. The highest BCUT2D eigenvalue weighted by Crippen LogP contribution is 2.29. The Hall–Kier alpha value is -2.06. The second kappa shape index (κ2) is 5.05. The largest absolute Gasteiger partial charge is 0.358 e. The summed E-state index contributed by atoms with van der Waals surface area (Å²) in [7, 11) is -3.85. The Morgan fingerprint density at radius 1 is 1.43 bits per heavy atom. The first-order valence-electron chi connectivity index (χ1n) is 5.88. The molecule has 6 nitrogen and oxygen atoms in total. The Morgan fingerprint density at radius 3 is 2.95 bits per heavy atom.